The number of aromatic carboxylic acids is 1. The number of carboxylic acids is 1. The van der Waals surface area contributed by atoms with Gasteiger partial charge in [0.15, 0.2) is 11.6 Å². The molecule has 0 fully saturated rings. The second kappa shape index (κ2) is 5.49. The molecule has 122 valence electrons. The normalized spacial score (nSPS) is 12.5. The van der Waals surface area contributed by atoms with Gasteiger partial charge in [0.25, 0.3) is 0 Å². The molecule has 0 spiro atoms. The fourth-order valence-corrected chi connectivity index (χ4v) is 3.08. The molecule has 3 rings (SSSR count). The van der Waals surface area contributed by atoms with Crippen molar-refractivity contribution in [3.63, 3.8) is 0 Å². The third-order valence-corrected chi connectivity index (χ3v) is 4.16. The van der Waals surface area contributed by atoms with Crippen molar-refractivity contribution in [2.24, 2.45) is 0 Å². The van der Waals surface area contributed by atoms with E-state index in [1.54, 1.807) is 18.2 Å². The molecule has 6 nitrogen and oxygen atoms in total. The highest BCUT2D eigenvalue weighted by atomic mass is 16.5. The quantitative estimate of drug-likeness (QED) is 0.795. The summed E-state index contributed by atoms with van der Waals surface area (Å²) in [6.45, 7) is 1.50. The molecule has 2 aromatic rings. The summed E-state index contributed by atoms with van der Waals surface area (Å²) in [5.41, 5.74) is 0.677. The van der Waals surface area contributed by atoms with Crippen LogP contribution in [0.1, 0.15) is 47.8 Å². The molecule has 0 heterocycles. The topological polar surface area (TPSA) is 89.9 Å². The summed E-state index contributed by atoms with van der Waals surface area (Å²) in [6.07, 6.45) is 0. The third-order valence-electron chi connectivity index (χ3n) is 4.16. The zero-order chi connectivity index (χ0) is 17.6. The summed E-state index contributed by atoms with van der Waals surface area (Å²) < 4.78 is 10.3. The van der Waals surface area contributed by atoms with Crippen LogP contribution in [0.15, 0.2) is 24.3 Å². The summed E-state index contributed by atoms with van der Waals surface area (Å²) in [5.74, 6) is -1.69. The fourth-order valence-electron chi connectivity index (χ4n) is 3.08. The van der Waals surface area contributed by atoms with Gasteiger partial charge >= 0.3 is 5.97 Å². The van der Waals surface area contributed by atoms with Gasteiger partial charge in [0.2, 0.25) is 0 Å². The van der Waals surface area contributed by atoms with E-state index in [9.17, 15) is 19.5 Å². The first-order valence-corrected chi connectivity index (χ1v) is 7.13. The number of ether oxygens (including phenoxy) is 2. The molecule has 2 aromatic carbocycles. The van der Waals surface area contributed by atoms with Crippen LogP contribution in [0.4, 0.5) is 0 Å². The number of methoxy groups -OCH3 is 2. The molecule has 0 saturated carbocycles. The van der Waals surface area contributed by atoms with E-state index in [2.05, 4.69) is 0 Å². The SMILES string of the molecule is COc1cccc2c1C(=O)c1c(cc(OC)c(C(=O)O)c1C)C2=O. The molecule has 0 aliphatic heterocycles. The van der Waals surface area contributed by atoms with Gasteiger partial charge in [0, 0.05) is 16.7 Å². The maximum absolute atomic E-state index is 13.0. The molecular weight excluding hydrogens is 312 g/mol. The number of fused-ring (bicyclic) bond motifs is 2. The Kier molecular flexibility index (Phi) is 3.60. The van der Waals surface area contributed by atoms with E-state index in [0.717, 1.165) is 0 Å². The van der Waals surface area contributed by atoms with E-state index in [1.165, 1.54) is 27.2 Å². The van der Waals surface area contributed by atoms with Gasteiger partial charge in [0.1, 0.15) is 17.1 Å². The van der Waals surface area contributed by atoms with E-state index in [0.29, 0.717) is 0 Å². The minimum Gasteiger partial charge on any atom is -0.496 e. The van der Waals surface area contributed by atoms with Crippen LogP contribution in [0.25, 0.3) is 0 Å². The van der Waals surface area contributed by atoms with Crippen LogP contribution in [-0.2, 0) is 0 Å². The van der Waals surface area contributed by atoms with Gasteiger partial charge in [-0.25, -0.2) is 4.79 Å². The van der Waals surface area contributed by atoms with Crippen LogP contribution < -0.4 is 9.47 Å². The Hall–Kier alpha value is -3.15. The Morgan fingerprint density at radius 3 is 2.21 bits per heavy atom. The van der Waals surface area contributed by atoms with Gasteiger partial charge in [0.05, 0.1) is 19.8 Å². The highest BCUT2D eigenvalue weighted by Gasteiger charge is 2.36. The van der Waals surface area contributed by atoms with E-state index in [4.69, 9.17) is 9.47 Å². The van der Waals surface area contributed by atoms with Crippen LogP contribution >= 0.6 is 0 Å². The summed E-state index contributed by atoms with van der Waals surface area (Å²) in [5, 5.41) is 9.43. The zero-order valence-corrected chi connectivity index (χ0v) is 13.3. The average Bonchev–Trinajstić information content (AvgIpc) is 2.57. The first kappa shape index (κ1) is 15.7. The first-order valence-electron chi connectivity index (χ1n) is 7.13. The Morgan fingerprint density at radius 2 is 1.62 bits per heavy atom. The van der Waals surface area contributed by atoms with Crippen LogP contribution in [-0.4, -0.2) is 36.9 Å². The third kappa shape index (κ3) is 2.00. The van der Waals surface area contributed by atoms with E-state index in [-0.39, 0.29) is 50.7 Å². The highest BCUT2D eigenvalue weighted by Crippen LogP contribution is 2.38. The molecule has 0 saturated heterocycles. The lowest BCUT2D eigenvalue weighted by atomic mass is 9.80. The molecule has 6 heteroatoms. The molecule has 24 heavy (non-hydrogen) atoms. The summed E-state index contributed by atoms with van der Waals surface area (Å²) >= 11 is 0. The lowest BCUT2D eigenvalue weighted by Crippen LogP contribution is -2.24. The number of carbonyl (C=O) groups excluding carboxylic acids is 2. The number of benzene rings is 2. The van der Waals surface area contributed by atoms with Crippen molar-refractivity contribution in [2.45, 2.75) is 6.92 Å². The van der Waals surface area contributed by atoms with Crippen LogP contribution in [0, 0.1) is 6.92 Å². The monoisotopic (exact) mass is 326 g/mol. The minimum atomic E-state index is -1.22. The van der Waals surface area contributed by atoms with E-state index in [1.807, 2.05) is 0 Å². The van der Waals surface area contributed by atoms with E-state index >= 15 is 0 Å². The fraction of sp³-hybridized carbons (Fsp3) is 0.167. The maximum Gasteiger partial charge on any atom is 0.339 e. The van der Waals surface area contributed by atoms with Gasteiger partial charge in [-0.3, -0.25) is 9.59 Å². The van der Waals surface area contributed by atoms with Gasteiger partial charge in [-0.1, -0.05) is 12.1 Å². The Balaban J connectivity index is 2.39. The number of hydrogen-bond donors (Lipinski definition) is 1. The molecule has 1 aliphatic carbocycles. The number of hydrogen-bond acceptors (Lipinski definition) is 5. The second-order valence-corrected chi connectivity index (χ2v) is 5.35. The zero-order valence-electron chi connectivity index (χ0n) is 13.3. The molecule has 1 N–H and O–H groups in total. The van der Waals surface area contributed by atoms with Gasteiger partial charge in [-0.05, 0) is 24.6 Å². The maximum atomic E-state index is 13.0. The number of carbonyl (C=O) groups is 3. The number of ketones is 2. The Bertz CT molecular complexity index is 910. The lowest BCUT2D eigenvalue weighted by Gasteiger charge is -2.23. The van der Waals surface area contributed by atoms with Crippen molar-refractivity contribution in [3.05, 3.63) is 57.6 Å². The van der Waals surface area contributed by atoms with Crippen molar-refractivity contribution in [1.82, 2.24) is 0 Å². The van der Waals surface area contributed by atoms with Gasteiger partial charge in [-0.2, -0.15) is 0 Å². The molecule has 0 atom stereocenters. The van der Waals surface area contributed by atoms with Crippen LogP contribution in [0.5, 0.6) is 11.5 Å². The van der Waals surface area contributed by atoms with Crippen molar-refractivity contribution < 1.29 is 29.0 Å². The minimum absolute atomic E-state index is 0.0475. The largest absolute Gasteiger partial charge is 0.496 e. The van der Waals surface area contributed by atoms with Crippen molar-refractivity contribution in [2.75, 3.05) is 14.2 Å². The predicted molar refractivity (Wildman–Crippen MR) is 84.5 cm³/mol. The number of carboxylic acid groups (broad SMARTS) is 1. The molecule has 0 bridgehead atoms. The smallest absolute Gasteiger partial charge is 0.339 e. The predicted octanol–water partition coefficient (Wildman–Crippen LogP) is 2.49. The van der Waals surface area contributed by atoms with Crippen molar-refractivity contribution >= 4 is 17.5 Å². The van der Waals surface area contributed by atoms with Crippen molar-refractivity contribution in [3.8, 4) is 11.5 Å². The lowest BCUT2D eigenvalue weighted by molar-refractivity contribution is 0.0692. The van der Waals surface area contributed by atoms with Crippen LogP contribution in [0.2, 0.25) is 0 Å². The Morgan fingerprint density at radius 1 is 0.958 bits per heavy atom. The van der Waals surface area contributed by atoms with E-state index < -0.39 is 11.8 Å². The molecule has 0 amide bonds. The summed E-state index contributed by atoms with van der Waals surface area (Å²) in [7, 11) is 2.73. The molecular formula is C18H14O6. The molecule has 0 unspecified atom stereocenters. The van der Waals surface area contributed by atoms with Crippen molar-refractivity contribution in [1.29, 1.82) is 0 Å². The molecule has 1 aliphatic rings. The van der Waals surface area contributed by atoms with Gasteiger partial charge in [-0.15, -0.1) is 0 Å². The standard InChI is InChI=1S/C18H14O6/c1-8-13-10(7-12(24-3)14(8)18(21)22)16(19)9-5-4-6-11(23-2)15(9)17(13)20/h4-7H,1-3H3,(H,21,22). The molecule has 0 aromatic heterocycles. The first-order chi connectivity index (χ1) is 11.4. The summed E-state index contributed by atoms with van der Waals surface area (Å²) in [4.78, 5) is 37.3. The number of rotatable bonds is 3. The Labute approximate surface area is 137 Å². The second-order valence-electron chi connectivity index (χ2n) is 5.35. The summed E-state index contributed by atoms with van der Waals surface area (Å²) in [6, 6.07) is 6.08. The van der Waals surface area contributed by atoms with Crippen LogP contribution in [0.3, 0.4) is 0 Å². The molecule has 0 radical (unpaired) electrons. The highest BCUT2D eigenvalue weighted by molar-refractivity contribution is 6.30. The van der Waals surface area contributed by atoms with Gasteiger partial charge < -0.3 is 14.6 Å². The average molecular weight is 326 g/mol.